The van der Waals surface area contributed by atoms with Crippen molar-refractivity contribution in [3.8, 4) is 18.1 Å². The maximum atomic E-state index is 5.99. The van der Waals surface area contributed by atoms with Crippen LogP contribution in [0.5, 0.6) is 5.75 Å². The van der Waals surface area contributed by atoms with Crippen LogP contribution in [0.1, 0.15) is 24.4 Å². The fourth-order valence-electron chi connectivity index (χ4n) is 1.39. The molecule has 0 saturated carbocycles. The molecular weight excluding hydrogens is 210 g/mol. The molecule has 0 fully saturated rings. The smallest absolute Gasteiger partial charge is 0.125 e. The van der Waals surface area contributed by atoms with E-state index >= 15 is 0 Å². The van der Waals surface area contributed by atoms with Gasteiger partial charge in [-0.3, -0.25) is 0 Å². The van der Waals surface area contributed by atoms with Crippen LogP contribution in [-0.4, -0.2) is 7.11 Å². The monoisotopic (exact) mass is 223 g/mol. The van der Waals surface area contributed by atoms with Gasteiger partial charge in [-0.2, -0.15) is 0 Å². The molecule has 1 aromatic carbocycles. The summed E-state index contributed by atoms with van der Waals surface area (Å²) in [6.07, 6.45) is 6.60. The van der Waals surface area contributed by atoms with Gasteiger partial charge in [0.25, 0.3) is 0 Å². The minimum absolute atomic E-state index is 0.103. The second-order valence-electron chi connectivity index (χ2n) is 3.24. The second kappa shape index (κ2) is 5.65. The second-order valence-corrected chi connectivity index (χ2v) is 3.67. The largest absolute Gasteiger partial charge is 0.496 e. The molecule has 0 saturated heterocycles. The number of ether oxygens (including phenoxy) is 1. The van der Waals surface area contributed by atoms with Crippen LogP contribution in [0.3, 0.4) is 0 Å². The molecule has 0 aromatic heterocycles. The van der Waals surface area contributed by atoms with Crippen LogP contribution in [0.2, 0.25) is 5.02 Å². The molecule has 3 heteroatoms. The van der Waals surface area contributed by atoms with Crippen molar-refractivity contribution in [3.63, 3.8) is 0 Å². The molecule has 2 N–H and O–H groups in total. The minimum atomic E-state index is -0.103. The molecule has 0 aliphatic carbocycles. The molecule has 15 heavy (non-hydrogen) atoms. The lowest BCUT2D eigenvalue weighted by Crippen LogP contribution is -2.11. The molecule has 0 aliphatic heterocycles. The molecule has 0 radical (unpaired) electrons. The molecule has 0 aliphatic rings. The molecular formula is C12H14ClNO. The van der Waals surface area contributed by atoms with Gasteiger partial charge in [0.2, 0.25) is 0 Å². The van der Waals surface area contributed by atoms with Crippen molar-refractivity contribution in [3.05, 3.63) is 28.8 Å². The van der Waals surface area contributed by atoms with E-state index in [-0.39, 0.29) is 6.04 Å². The summed E-state index contributed by atoms with van der Waals surface area (Å²) >= 11 is 5.85. The molecule has 1 aromatic rings. The fraction of sp³-hybridized carbons (Fsp3) is 0.333. The van der Waals surface area contributed by atoms with Crippen molar-refractivity contribution in [2.45, 2.75) is 18.9 Å². The maximum Gasteiger partial charge on any atom is 0.125 e. The highest BCUT2D eigenvalue weighted by atomic mass is 35.5. The first-order chi connectivity index (χ1) is 7.19. The van der Waals surface area contributed by atoms with Crippen molar-refractivity contribution >= 4 is 11.6 Å². The summed E-state index contributed by atoms with van der Waals surface area (Å²) in [5.74, 6) is 3.29. The molecule has 1 atom stereocenters. The number of hydrogen-bond donors (Lipinski definition) is 1. The molecule has 2 nitrogen and oxygen atoms in total. The summed E-state index contributed by atoms with van der Waals surface area (Å²) in [5.41, 5.74) is 6.93. The predicted molar refractivity (Wildman–Crippen MR) is 63.0 cm³/mol. The topological polar surface area (TPSA) is 35.2 Å². The summed E-state index contributed by atoms with van der Waals surface area (Å²) in [5, 5.41) is 0.639. The van der Waals surface area contributed by atoms with Crippen molar-refractivity contribution < 1.29 is 4.74 Å². The summed E-state index contributed by atoms with van der Waals surface area (Å²) in [7, 11) is 1.60. The highest BCUT2D eigenvalue weighted by molar-refractivity contribution is 6.30. The molecule has 1 rings (SSSR count). The van der Waals surface area contributed by atoms with Crippen LogP contribution in [0, 0.1) is 12.3 Å². The van der Waals surface area contributed by atoms with Crippen LogP contribution in [0.4, 0.5) is 0 Å². The number of hydrogen-bond acceptors (Lipinski definition) is 2. The van der Waals surface area contributed by atoms with E-state index in [4.69, 9.17) is 28.5 Å². The van der Waals surface area contributed by atoms with Gasteiger partial charge in [-0.05, 0) is 18.6 Å². The van der Waals surface area contributed by atoms with Crippen LogP contribution in [-0.2, 0) is 0 Å². The highest BCUT2D eigenvalue weighted by Crippen LogP contribution is 2.29. The van der Waals surface area contributed by atoms with Gasteiger partial charge >= 0.3 is 0 Å². The summed E-state index contributed by atoms with van der Waals surface area (Å²) in [4.78, 5) is 0. The standard InChI is InChI=1S/C12H14ClNO/c1-3-4-5-11(14)10-7-6-9(13)8-12(10)15-2/h1,6-8,11H,4-5,14H2,2H3. The van der Waals surface area contributed by atoms with Gasteiger partial charge in [0.15, 0.2) is 0 Å². The molecule has 80 valence electrons. The average Bonchev–Trinajstić information content (AvgIpc) is 2.25. The Kier molecular flexibility index (Phi) is 4.48. The van der Waals surface area contributed by atoms with Crippen molar-refractivity contribution in [2.75, 3.05) is 7.11 Å². The molecule has 1 unspecified atom stereocenters. The van der Waals surface area contributed by atoms with Gasteiger partial charge in [-0.15, -0.1) is 12.3 Å². The SMILES string of the molecule is C#CCCC(N)c1ccc(Cl)cc1OC. The maximum absolute atomic E-state index is 5.99. The van der Waals surface area contributed by atoms with Gasteiger partial charge in [-0.25, -0.2) is 0 Å². The number of benzene rings is 1. The Bertz CT molecular complexity index is 370. The third kappa shape index (κ3) is 3.16. The minimum Gasteiger partial charge on any atom is -0.496 e. The van der Waals surface area contributed by atoms with E-state index in [1.165, 1.54) is 0 Å². The molecule has 0 heterocycles. The van der Waals surface area contributed by atoms with Crippen molar-refractivity contribution in [1.82, 2.24) is 0 Å². The molecule has 0 bridgehead atoms. The van der Waals surface area contributed by atoms with E-state index in [0.29, 0.717) is 17.2 Å². The Morgan fingerprint density at radius 3 is 2.93 bits per heavy atom. The van der Waals surface area contributed by atoms with Gasteiger partial charge in [-0.1, -0.05) is 17.7 Å². The van der Waals surface area contributed by atoms with Gasteiger partial charge in [0, 0.05) is 23.0 Å². The summed E-state index contributed by atoms with van der Waals surface area (Å²) < 4.78 is 5.21. The zero-order chi connectivity index (χ0) is 11.3. The summed E-state index contributed by atoms with van der Waals surface area (Å²) in [6, 6.07) is 5.33. The first-order valence-corrected chi connectivity index (χ1v) is 5.09. The van der Waals surface area contributed by atoms with E-state index in [2.05, 4.69) is 5.92 Å². The van der Waals surface area contributed by atoms with Crippen LogP contribution in [0.25, 0.3) is 0 Å². The van der Waals surface area contributed by atoms with Crippen LogP contribution >= 0.6 is 11.6 Å². The third-order valence-corrected chi connectivity index (χ3v) is 2.43. The first-order valence-electron chi connectivity index (χ1n) is 4.71. The predicted octanol–water partition coefficient (Wildman–Crippen LogP) is 2.76. The van der Waals surface area contributed by atoms with E-state index < -0.39 is 0 Å². The Balaban J connectivity index is 2.88. The normalized spacial score (nSPS) is 11.9. The number of rotatable bonds is 4. The van der Waals surface area contributed by atoms with Gasteiger partial charge in [0.1, 0.15) is 5.75 Å². The lowest BCUT2D eigenvalue weighted by atomic mass is 10.0. The van der Waals surface area contributed by atoms with Gasteiger partial charge in [0.05, 0.1) is 7.11 Å². The average molecular weight is 224 g/mol. The van der Waals surface area contributed by atoms with E-state index in [9.17, 15) is 0 Å². The number of nitrogens with two attached hydrogens (primary N) is 1. The third-order valence-electron chi connectivity index (χ3n) is 2.19. The quantitative estimate of drug-likeness (QED) is 0.797. The molecule has 0 amide bonds. The number of terminal acetylenes is 1. The lowest BCUT2D eigenvalue weighted by Gasteiger charge is -2.14. The Morgan fingerprint density at radius 1 is 1.60 bits per heavy atom. The first kappa shape index (κ1) is 11.9. The number of methoxy groups -OCH3 is 1. The fourth-order valence-corrected chi connectivity index (χ4v) is 1.55. The Hall–Kier alpha value is -1.17. The van der Waals surface area contributed by atoms with E-state index in [0.717, 1.165) is 12.0 Å². The van der Waals surface area contributed by atoms with Crippen LogP contribution in [0.15, 0.2) is 18.2 Å². The van der Waals surface area contributed by atoms with E-state index in [1.807, 2.05) is 6.07 Å². The molecule has 0 spiro atoms. The summed E-state index contributed by atoms with van der Waals surface area (Å²) in [6.45, 7) is 0. The van der Waals surface area contributed by atoms with Crippen molar-refractivity contribution in [1.29, 1.82) is 0 Å². The zero-order valence-corrected chi connectivity index (χ0v) is 9.42. The van der Waals surface area contributed by atoms with Gasteiger partial charge < -0.3 is 10.5 Å². The Labute approximate surface area is 95.4 Å². The zero-order valence-electron chi connectivity index (χ0n) is 8.66. The van der Waals surface area contributed by atoms with Crippen LogP contribution < -0.4 is 10.5 Å². The Morgan fingerprint density at radius 2 is 2.33 bits per heavy atom. The highest BCUT2D eigenvalue weighted by Gasteiger charge is 2.11. The van der Waals surface area contributed by atoms with E-state index in [1.54, 1.807) is 19.2 Å². The van der Waals surface area contributed by atoms with Crippen molar-refractivity contribution in [2.24, 2.45) is 5.73 Å². The number of halogens is 1. The lowest BCUT2D eigenvalue weighted by molar-refractivity contribution is 0.404.